The standard InChI is InChI=1S/C23H48N4O15P2/c1-17(28)5-9-37-13-21(26-19(3)30)15-41-43(33,34)39-11-7-24-23(32)25-8-12-40-44(35,36)42-16-22(27-20(4)31)14-38-10-6-18(2)29/h17-18,21-22,28-29H,5-16H2,1-4H3,(H,26,30)(H,27,31)(H,33,34)(H,35,36)(H2,24,25,32)/t17-,18-,21+,22+/m1/s1. The van der Waals surface area contributed by atoms with Crippen LogP contribution < -0.4 is 21.3 Å². The van der Waals surface area contributed by atoms with E-state index in [1.54, 1.807) is 13.8 Å². The lowest BCUT2D eigenvalue weighted by molar-refractivity contribution is -0.121. The number of nitrogens with one attached hydrogen (secondary N) is 4. The van der Waals surface area contributed by atoms with Crippen molar-refractivity contribution in [3.05, 3.63) is 0 Å². The minimum absolute atomic E-state index is 0.0340. The van der Waals surface area contributed by atoms with Gasteiger partial charge in [0.05, 0.1) is 63.9 Å². The van der Waals surface area contributed by atoms with Gasteiger partial charge in [0.1, 0.15) is 0 Å². The topological polar surface area (TPSA) is 270 Å². The number of urea groups is 1. The number of carbonyl (C=O) groups is 3. The highest BCUT2D eigenvalue weighted by Gasteiger charge is 2.25. The van der Waals surface area contributed by atoms with E-state index in [1.807, 2.05) is 0 Å². The molecule has 0 heterocycles. The quantitative estimate of drug-likeness (QED) is 0.0407. The zero-order valence-corrected chi connectivity index (χ0v) is 27.3. The molecular formula is C23H48N4O15P2. The van der Waals surface area contributed by atoms with Gasteiger partial charge < -0.3 is 50.7 Å². The molecule has 0 aliphatic heterocycles. The number of carbonyl (C=O) groups excluding carboxylic acids is 3. The fraction of sp³-hybridized carbons (Fsp3) is 0.870. The summed E-state index contributed by atoms with van der Waals surface area (Å²) in [6.07, 6.45) is -0.407. The zero-order valence-electron chi connectivity index (χ0n) is 25.5. The first kappa shape index (κ1) is 42.3. The van der Waals surface area contributed by atoms with Gasteiger partial charge in [0.25, 0.3) is 0 Å². The normalized spacial score (nSPS) is 16.9. The summed E-state index contributed by atoms with van der Waals surface area (Å²) in [6, 6.07) is -2.24. The first-order chi connectivity index (χ1) is 20.5. The summed E-state index contributed by atoms with van der Waals surface area (Å²) in [7, 11) is -9.07. The second-order valence-corrected chi connectivity index (χ2v) is 12.5. The molecule has 4 amide bonds. The average molecular weight is 683 g/mol. The van der Waals surface area contributed by atoms with Gasteiger partial charge in [-0.3, -0.25) is 27.7 Å². The van der Waals surface area contributed by atoms with Crippen LogP contribution in [0.3, 0.4) is 0 Å². The van der Waals surface area contributed by atoms with Crippen LogP contribution in [0.2, 0.25) is 0 Å². The van der Waals surface area contributed by atoms with Crippen LogP contribution in [-0.4, -0.2) is 128 Å². The fourth-order valence-electron chi connectivity index (χ4n) is 2.95. The number of amides is 4. The van der Waals surface area contributed by atoms with Gasteiger partial charge in [-0.05, 0) is 26.7 Å². The average Bonchev–Trinajstić information content (AvgIpc) is 2.90. The smallest absolute Gasteiger partial charge is 0.393 e. The predicted molar refractivity (Wildman–Crippen MR) is 154 cm³/mol. The van der Waals surface area contributed by atoms with Gasteiger partial charge in [0, 0.05) is 40.2 Å². The maximum atomic E-state index is 12.1. The Balaban J connectivity index is 4.27. The van der Waals surface area contributed by atoms with Gasteiger partial charge in [-0.25, -0.2) is 13.9 Å². The van der Waals surface area contributed by atoms with Gasteiger partial charge in [-0.2, -0.15) is 0 Å². The molecule has 0 spiro atoms. The summed E-state index contributed by atoms with van der Waals surface area (Å²) in [5.41, 5.74) is 0. The molecule has 44 heavy (non-hydrogen) atoms. The third kappa shape index (κ3) is 26.7. The zero-order chi connectivity index (χ0) is 33.6. The molecule has 0 radical (unpaired) electrons. The molecule has 0 fully saturated rings. The molecule has 6 atom stereocenters. The van der Waals surface area contributed by atoms with E-state index in [2.05, 4.69) is 21.3 Å². The van der Waals surface area contributed by atoms with E-state index < -0.39 is 84.2 Å². The van der Waals surface area contributed by atoms with E-state index in [4.69, 9.17) is 27.6 Å². The van der Waals surface area contributed by atoms with Crippen molar-refractivity contribution in [1.82, 2.24) is 21.3 Å². The summed E-state index contributed by atoms with van der Waals surface area (Å²) in [4.78, 5) is 54.2. The highest BCUT2D eigenvalue weighted by molar-refractivity contribution is 7.47. The molecule has 0 rings (SSSR count). The number of aliphatic hydroxyl groups excluding tert-OH is 2. The number of hydrogen-bond acceptors (Lipinski definition) is 13. The number of aliphatic hydroxyl groups is 2. The van der Waals surface area contributed by atoms with Crippen molar-refractivity contribution in [2.24, 2.45) is 0 Å². The molecule has 0 aromatic heterocycles. The van der Waals surface area contributed by atoms with Crippen LogP contribution in [0.15, 0.2) is 0 Å². The second-order valence-electron chi connectivity index (χ2n) is 9.60. The van der Waals surface area contributed by atoms with E-state index >= 15 is 0 Å². The Bertz CT molecular complexity index is 858. The number of phosphoric ester groups is 2. The molecule has 0 bridgehead atoms. The first-order valence-electron chi connectivity index (χ1n) is 13.8. The number of ether oxygens (including phenoxy) is 2. The summed E-state index contributed by atoms with van der Waals surface area (Å²) >= 11 is 0. The molecule has 0 aliphatic rings. The van der Waals surface area contributed by atoms with Crippen molar-refractivity contribution >= 4 is 33.5 Å². The molecule has 260 valence electrons. The van der Waals surface area contributed by atoms with Crippen LogP contribution >= 0.6 is 15.6 Å². The largest absolute Gasteiger partial charge is 0.472 e. The minimum atomic E-state index is -4.54. The molecule has 0 aromatic rings. The van der Waals surface area contributed by atoms with Crippen molar-refractivity contribution in [2.45, 2.75) is 64.8 Å². The molecule has 0 saturated heterocycles. The lowest BCUT2D eigenvalue weighted by Crippen LogP contribution is -2.40. The Kier molecular flexibility index (Phi) is 22.7. The van der Waals surface area contributed by atoms with Gasteiger partial charge in [0.2, 0.25) is 11.8 Å². The van der Waals surface area contributed by atoms with E-state index in [9.17, 15) is 43.5 Å². The first-order valence-corrected chi connectivity index (χ1v) is 16.8. The molecular weight excluding hydrogens is 634 g/mol. The second kappa shape index (κ2) is 23.6. The Morgan fingerprint density at radius 2 is 1.00 bits per heavy atom. The van der Waals surface area contributed by atoms with Crippen molar-refractivity contribution in [1.29, 1.82) is 0 Å². The van der Waals surface area contributed by atoms with E-state index in [0.717, 1.165) is 0 Å². The van der Waals surface area contributed by atoms with E-state index in [0.29, 0.717) is 12.8 Å². The third-order valence-electron chi connectivity index (χ3n) is 4.97. The van der Waals surface area contributed by atoms with Gasteiger partial charge in [-0.15, -0.1) is 0 Å². The van der Waals surface area contributed by atoms with Crippen molar-refractivity contribution in [2.75, 3.05) is 65.9 Å². The van der Waals surface area contributed by atoms with Crippen LogP contribution in [-0.2, 0) is 46.3 Å². The SMILES string of the molecule is CC(=O)N[C@@H](COCC[C@@H](C)O)COP(=O)(O)OCCNC(=O)NCCOP(=O)(O)OC[C@H](COCC[C@@H](C)O)NC(C)=O. The van der Waals surface area contributed by atoms with Crippen LogP contribution in [0.5, 0.6) is 0 Å². The highest BCUT2D eigenvalue weighted by atomic mass is 31.2. The maximum Gasteiger partial charge on any atom is 0.472 e. The molecule has 0 saturated carbocycles. The summed E-state index contributed by atoms with van der Waals surface area (Å²) in [5.74, 6) is -0.828. The summed E-state index contributed by atoms with van der Waals surface area (Å²) in [6.45, 7) is 3.99. The Labute approximate surface area is 256 Å². The van der Waals surface area contributed by atoms with Crippen molar-refractivity contribution < 1.29 is 71.1 Å². The van der Waals surface area contributed by atoms with Crippen LogP contribution in [0.4, 0.5) is 4.79 Å². The highest BCUT2D eigenvalue weighted by Crippen LogP contribution is 2.43. The molecule has 0 aromatic carbocycles. The third-order valence-corrected chi connectivity index (χ3v) is 6.94. The Hall–Kier alpha value is -1.73. The monoisotopic (exact) mass is 682 g/mol. The lowest BCUT2D eigenvalue weighted by atomic mass is 10.3. The summed E-state index contributed by atoms with van der Waals surface area (Å²) < 4.78 is 54.1. The van der Waals surface area contributed by atoms with Crippen LogP contribution in [0.1, 0.15) is 40.5 Å². The Morgan fingerprint density at radius 3 is 1.32 bits per heavy atom. The number of phosphoric acid groups is 2. The van der Waals surface area contributed by atoms with E-state index in [-0.39, 0.29) is 39.5 Å². The number of hydrogen-bond donors (Lipinski definition) is 8. The van der Waals surface area contributed by atoms with Crippen LogP contribution in [0, 0.1) is 0 Å². The lowest BCUT2D eigenvalue weighted by Gasteiger charge is -2.20. The predicted octanol–water partition coefficient (Wildman–Crippen LogP) is -0.863. The maximum absolute atomic E-state index is 12.1. The Morgan fingerprint density at radius 1 is 0.636 bits per heavy atom. The fourth-order valence-corrected chi connectivity index (χ4v) is 4.48. The van der Waals surface area contributed by atoms with Crippen molar-refractivity contribution in [3.8, 4) is 0 Å². The molecule has 19 nitrogen and oxygen atoms in total. The van der Waals surface area contributed by atoms with Gasteiger partial charge in [-0.1, -0.05) is 0 Å². The molecule has 8 N–H and O–H groups in total. The van der Waals surface area contributed by atoms with Crippen LogP contribution in [0.25, 0.3) is 0 Å². The minimum Gasteiger partial charge on any atom is -0.393 e. The van der Waals surface area contributed by atoms with Gasteiger partial charge in [0.15, 0.2) is 0 Å². The molecule has 21 heteroatoms. The van der Waals surface area contributed by atoms with E-state index in [1.165, 1.54) is 13.8 Å². The molecule has 0 aliphatic carbocycles. The summed E-state index contributed by atoms with van der Waals surface area (Å²) in [5, 5.41) is 28.2. The molecule has 2 unspecified atom stereocenters. The van der Waals surface area contributed by atoms with Gasteiger partial charge >= 0.3 is 21.7 Å². The van der Waals surface area contributed by atoms with Crippen molar-refractivity contribution in [3.63, 3.8) is 0 Å². The number of rotatable bonds is 26.